The zero-order chi connectivity index (χ0) is 16.6. The Hall–Kier alpha value is -2.49. The second-order valence-electron chi connectivity index (χ2n) is 6.89. The predicted molar refractivity (Wildman–Crippen MR) is 91.3 cm³/mol. The molecule has 0 unspecified atom stereocenters. The summed E-state index contributed by atoms with van der Waals surface area (Å²) in [5.41, 5.74) is 1.94. The highest BCUT2D eigenvalue weighted by Gasteiger charge is 2.46. The monoisotopic (exact) mass is 323 g/mol. The van der Waals surface area contributed by atoms with Gasteiger partial charge in [-0.05, 0) is 36.6 Å². The molecule has 4 rings (SSSR count). The summed E-state index contributed by atoms with van der Waals surface area (Å²) in [4.78, 5) is 14.4. The fourth-order valence-corrected chi connectivity index (χ4v) is 2.99. The molecule has 1 fully saturated rings. The van der Waals surface area contributed by atoms with Gasteiger partial charge in [-0.1, -0.05) is 30.3 Å². The maximum Gasteiger partial charge on any atom is 0.254 e. The Morgan fingerprint density at radius 3 is 2.46 bits per heavy atom. The van der Waals surface area contributed by atoms with Crippen LogP contribution in [0.3, 0.4) is 0 Å². The molecule has 1 saturated carbocycles. The van der Waals surface area contributed by atoms with Crippen LogP contribution in [0, 0.1) is 5.41 Å². The first-order valence-electron chi connectivity index (χ1n) is 8.34. The van der Waals surface area contributed by atoms with E-state index >= 15 is 0 Å². The lowest BCUT2D eigenvalue weighted by molar-refractivity contribution is 0.0784. The van der Waals surface area contributed by atoms with Crippen molar-refractivity contribution in [3.05, 3.63) is 59.7 Å². The molecule has 4 nitrogen and oxygen atoms in total. The van der Waals surface area contributed by atoms with E-state index in [1.54, 1.807) is 11.0 Å². The Kier molecular flexibility index (Phi) is 3.68. The van der Waals surface area contributed by atoms with Crippen LogP contribution in [0.15, 0.2) is 48.5 Å². The van der Waals surface area contributed by atoms with Crippen LogP contribution in [0.5, 0.6) is 11.5 Å². The van der Waals surface area contributed by atoms with Crippen LogP contribution in [0.25, 0.3) is 0 Å². The zero-order valence-corrected chi connectivity index (χ0v) is 13.8. The third-order valence-electron chi connectivity index (χ3n) is 4.82. The van der Waals surface area contributed by atoms with E-state index in [4.69, 9.17) is 9.47 Å². The minimum Gasteiger partial charge on any atom is -0.489 e. The molecule has 1 heterocycles. The summed E-state index contributed by atoms with van der Waals surface area (Å²) in [6, 6.07) is 15.4. The summed E-state index contributed by atoms with van der Waals surface area (Å²) in [5.74, 6) is 1.40. The molecule has 24 heavy (non-hydrogen) atoms. The average Bonchev–Trinajstić information content (AvgIpc) is 3.41. The van der Waals surface area contributed by atoms with Crippen LogP contribution in [0.2, 0.25) is 0 Å². The van der Waals surface area contributed by atoms with Crippen molar-refractivity contribution in [2.45, 2.75) is 19.4 Å². The van der Waals surface area contributed by atoms with Crippen LogP contribution < -0.4 is 9.47 Å². The Balaban J connectivity index is 1.50. The zero-order valence-electron chi connectivity index (χ0n) is 13.8. The Labute approximate surface area is 142 Å². The predicted octanol–water partition coefficient (Wildman–Crippen LogP) is 3.51. The van der Waals surface area contributed by atoms with Gasteiger partial charge in [-0.3, -0.25) is 4.79 Å². The first kappa shape index (κ1) is 15.1. The molecule has 0 radical (unpaired) electrons. The number of carbonyl (C=O) groups is 1. The quantitative estimate of drug-likeness (QED) is 0.867. The Bertz CT molecular complexity index is 753. The molecule has 0 aromatic heterocycles. The van der Waals surface area contributed by atoms with Crippen molar-refractivity contribution in [1.29, 1.82) is 0 Å². The number of ether oxygens (including phenoxy) is 2. The molecule has 0 bridgehead atoms. The highest BCUT2D eigenvalue weighted by molar-refractivity contribution is 5.94. The molecule has 124 valence electrons. The molecule has 0 saturated heterocycles. The maximum absolute atomic E-state index is 12.7. The van der Waals surface area contributed by atoms with Crippen molar-refractivity contribution in [2.75, 3.05) is 20.3 Å². The highest BCUT2D eigenvalue weighted by Crippen LogP contribution is 2.49. The van der Waals surface area contributed by atoms with E-state index in [-0.39, 0.29) is 11.3 Å². The lowest BCUT2D eigenvalue weighted by Crippen LogP contribution is -2.26. The van der Waals surface area contributed by atoms with E-state index in [1.807, 2.05) is 49.5 Å². The molecule has 0 N–H and O–H groups in total. The molecule has 1 amide bonds. The van der Waals surface area contributed by atoms with E-state index < -0.39 is 0 Å². The van der Waals surface area contributed by atoms with Gasteiger partial charge >= 0.3 is 0 Å². The smallest absolute Gasteiger partial charge is 0.254 e. The van der Waals surface area contributed by atoms with Crippen molar-refractivity contribution < 1.29 is 14.3 Å². The van der Waals surface area contributed by atoms with E-state index in [0.29, 0.717) is 31.1 Å². The second-order valence-corrected chi connectivity index (χ2v) is 6.89. The van der Waals surface area contributed by atoms with Crippen molar-refractivity contribution in [2.24, 2.45) is 5.41 Å². The number of hydrogen-bond acceptors (Lipinski definition) is 3. The average molecular weight is 323 g/mol. The molecule has 1 spiro atoms. The summed E-state index contributed by atoms with van der Waals surface area (Å²) < 4.78 is 11.8. The number of rotatable bonds is 3. The molecule has 2 aromatic rings. The van der Waals surface area contributed by atoms with Crippen molar-refractivity contribution in [1.82, 2.24) is 4.90 Å². The lowest BCUT2D eigenvalue weighted by atomic mass is 10.1. The summed E-state index contributed by atoms with van der Waals surface area (Å²) >= 11 is 0. The van der Waals surface area contributed by atoms with Crippen molar-refractivity contribution >= 4 is 5.91 Å². The fourth-order valence-electron chi connectivity index (χ4n) is 2.99. The minimum atomic E-state index is -0.0179. The minimum absolute atomic E-state index is 0.0179. The topological polar surface area (TPSA) is 38.8 Å². The van der Waals surface area contributed by atoms with Gasteiger partial charge in [-0.2, -0.15) is 0 Å². The molecular formula is C20H21NO3. The first-order valence-corrected chi connectivity index (χ1v) is 8.34. The molecule has 0 atom stereocenters. The van der Waals surface area contributed by atoms with E-state index in [9.17, 15) is 4.79 Å². The molecule has 4 heteroatoms. The normalized spacial score (nSPS) is 17.2. The van der Waals surface area contributed by atoms with Gasteiger partial charge in [0.05, 0.1) is 13.2 Å². The fraction of sp³-hybridized carbons (Fsp3) is 0.350. The Morgan fingerprint density at radius 2 is 1.75 bits per heavy atom. The maximum atomic E-state index is 12.7. The number of benzene rings is 2. The van der Waals surface area contributed by atoms with Gasteiger partial charge in [0, 0.05) is 24.6 Å². The number of amides is 1. The van der Waals surface area contributed by atoms with E-state index in [2.05, 4.69) is 0 Å². The molecule has 1 aliphatic heterocycles. The lowest BCUT2D eigenvalue weighted by Gasteiger charge is -2.18. The van der Waals surface area contributed by atoms with E-state index in [1.165, 1.54) is 0 Å². The standard InChI is InChI=1S/C20H21NO3/c1-21(12-15-5-3-2-4-6-15)19(22)16-7-8-17-18(11-16)24-14-20(9-10-20)13-23-17/h2-8,11H,9-10,12-14H2,1H3. The van der Waals surface area contributed by atoms with Gasteiger partial charge in [-0.15, -0.1) is 0 Å². The van der Waals surface area contributed by atoms with Crippen LogP contribution >= 0.6 is 0 Å². The van der Waals surface area contributed by atoms with Crippen LogP contribution in [-0.4, -0.2) is 31.1 Å². The van der Waals surface area contributed by atoms with Gasteiger partial charge in [0.2, 0.25) is 0 Å². The van der Waals surface area contributed by atoms with Crippen molar-refractivity contribution in [3.8, 4) is 11.5 Å². The van der Waals surface area contributed by atoms with Crippen LogP contribution in [0.4, 0.5) is 0 Å². The van der Waals surface area contributed by atoms with Crippen molar-refractivity contribution in [3.63, 3.8) is 0 Å². The van der Waals surface area contributed by atoms with Gasteiger partial charge in [0.1, 0.15) is 0 Å². The van der Waals surface area contributed by atoms with Gasteiger partial charge in [0.15, 0.2) is 11.5 Å². The van der Waals surface area contributed by atoms with Crippen LogP contribution in [-0.2, 0) is 6.54 Å². The van der Waals surface area contributed by atoms with E-state index in [0.717, 1.165) is 24.2 Å². The summed E-state index contributed by atoms with van der Waals surface area (Å²) in [6.07, 6.45) is 2.32. The second kappa shape index (κ2) is 5.86. The van der Waals surface area contributed by atoms with Gasteiger partial charge < -0.3 is 14.4 Å². The largest absolute Gasteiger partial charge is 0.489 e. The first-order chi connectivity index (χ1) is 11.7. The highest BCUT2D eigenvalue weighted by atomic mass is 16.5. The molecule has 1 aliphatic carbocycles. The number of carbonyl (C=O) groups excluding carboxylic acids is 1. The molecule has 2 aromatic carbocycles. The molecular weight excluding hydrogens is 302 g/mol. The van der Waals surface area contributed by atoms with Gasteiger partial charge in [-0.25, -0.2) is 0 Å². The summed E-state index contributed by atoms with van der Waals surface area (Å²) in [7, 11) is 1.82. The summed E-state index contributed by atoms with van der Waals surface area (Å²) in [5, 5.41) is 0. The summed E-state index contributed by atoms with van der Waals surface area (Å²) in [6.45, 7) is 1.97. The van der Waals surface area contributed by atoms with Crippen LogP contribution in [0.1, 0.15) is 28.8 Å². The Morgan fingerprint density at radius 1 is 1.04 bits per heavy atom. The molecule has 2 aliphatic rings. The third kappa shape index (κ3) is 2.96. The number of nitrogens with zero attached hydrogens (tertiary/aromatic N) is 1. The SMILES string of the molecule is CN(Cc1ccccc1)C(=O)c1ccc2c(c1)OCC1(CC1)CO2. The number of hydrogen-bond donors (Lipinski definition) is 0. The third-order valence-corrected chi connectivity index (χ3v) is 4.82. The van der Waals surface area contributed by atoms with Gasteiger partial charge in [0.25, 0.3) is 5.91 Å². The number of fused-ring (bicyclic) bond motifs is 1.